The summed E-state index contributed by atoms with van der Waals surface area (Å²) in [6.45, 7) is 7.20. The van der Waals surface area contributed by atoms with Gasteiger partial charge >= 0.3 is 0 Å². The first kappa shape index (κ1) is 31.1. The Hall–Kier alpha value is -4.35. The summed E-state index contributed by atoms with van der Waals surface area (Å²) >= 11 is 1.79. The number of aromatic nitrogens is 1. The van der Waals surface area contributed by atoms with E-state index in [4.69, 9.17) is 14.5 Å². The summed E-state index contributed by atoms with van der Waals surface area (Å²) < 4.78 is 7.43. The molecule has 0 aliphatic rings. The number of carbonyl (C=O) groups is 1. The monoisotopic (exact) mass is 773 g/mol. The average molecular weight is 773 g/mol. The molecule has 0 saturated carbocycles. The Morgan fingerprint density at radius 2 is 1.59 bits per heavy atom. The van der Waals surface area contributed by atoms with Crippen LogP contribution in [0.5, 0.6) is 0 Å². The van der Waals surface area contributed by atoms with Crippen LogP contribution in [0.1, 0.15) is 25.0 Å². The van der Waals surface area contributed by atoms with Crippen molar-refractivity contribution >= 4 is 49.1 Å². The zero-order chi connectivity index (χ0) is 30.1. The molecule has 3 aromatic heterocycles. The van der Waals surface area contributed by atoms with Crippen molar-refractivity contribution in [2.45, 2.75) is 27.7 Å². The number of rotatable bonds is 4. The third-order valence-corrected chi connectivity index (χ3v) is 8.49. The van der Waals surface area contributed by atoms with E-state index in [2.05, 4.69) is 86.6 Å². The molecule has 6 heteroatoms. The number of hydrogen-bond donors (Lipinski definition) is 1. The fraction of sp³-hybridized carbons (Fsp3) is 0.105. The van der Waals surface area contributed by atoms with Crippen LogP contribution < -0.4 is 0 Å². The Balaban J connectivity index is 0.000000433. The van der Waals surface area contributed by atoms with Crippen molar-refractivity contribution in [1.29, 1.82) is 0 Å². The molecule has 4 aromatic carbocycles. The summed E-state index contributed by atoms with van der Waals surface area (Å²) in [7, 11) is 0. The third-order valence-electron chi connectivity index (χ3n) is 7.35. The number of pyridine rings is 1. The van der Waals surface area contributed by atoms with Gasteiger partial charge in [-0.1, -0.05) is 77.7 Å². The topological polar surface area (TPSA) is 63.3 Å². The minimum Gasteiger partial charge on any atom is -0.512 e. The SMILES string of the molecule is CC(=O)/C=C(/C)O.Cc1cccc(C)c1-c1ccc(-c2cc3cnc(-c4[c-]ccc5c4oc4ccccc45)cc3s2)cc1.[Ir]. The molecule has 0 aliphatic heterocycles. The van der Waals surface area contributed by atoms with Crippen LogP contribution in [0.3, 0.4) is 0 Å². The molecule has 221 valence electrons. The second kappa shape index (κ2) is 13.1. The molecule has 0 unspecified atom stereocenters. The minimum atomic E-state index is -0.125. The van der Waals surface area contributed by atoms with Gasteiger partial charge in [-0.3, -0.25) is 4.79 Å². The molecule has 1 N–H and O–H groups in total. The number of nitrogens with zero attached hydrogens (tertiary/aromatic N) is 1. The average Bonchev–Trinajstić information content (AvgIpc) is 3.58. The van der Waals surface area contributed by atoms with Crippen LogP contribution in [0.25, 0.3) is 64.8 Å². The molecule has 7 rings (SSSR count). The molecule has 0 bridgehead atoms. The number of allylic oxidation sites excluding steroid dienone is 2. The maximum atomic E-state index is 10.0. The van der Waals surface area contributed by atoms with Crippen molar-refractivity contribution < 1.29 is 34.4 Å². The van der Waals surface area contributed by atoms with Gasteiger partial charge in [0.15, 0.2) is 5.78 Å². The second-order valence-corrected chi connectivity index (χ2v) is 11.7. The Kier molecular flexibility index (Phi) is 9.26. The van der Waals surface area contributed by atoms with Crippen molar-refractivity contribution in [1.82, 2.24) is 4.98 Å². The number of furan rings is 1. The molecule has 7 aromatic rings. The molecule has 0 amide bonds. The Morgan fingerprint density at radius 3 is 2.27 bits per heavy atom. The molecular formula is C38H30IrNO3S-. The van der Waals surface area contributed by atoms with Crippen molar-refractivity contribution in [2.24, 2.45) is 0 Å². The Labute approximate surface area is 274 Å². The van der Waals surface area contributed by atoms with Crippen LogP contribution in [0.15, 0.2) is 113 Å². The van der Waals surface area contributed by atoms with Crippen LogP contribution in [0.4, 0.5) is 0 Å². The van der Waals surface area contributed by atoms with Gasteiger partial charge in [0.25, 0.3) is 0 Å². The Morgan fingerprint density at radius 1 is 0.886 bits per heavy atom. The van der Waals surface area contributed by atoms with Crippen LogP contribution in [-0.2, 0) is 24.9 Å². The van der Waals surface area contributed by atoms with E-state index < -0.39 is 0 Å². The first-order valence-corrected chi connectivity index (χ1v) is 14.9. The quantitative estimate of drug-likeness (QED) is 0.110. The van der Waals surface area contributed by atoms with Gasteiger partial charge in [-0.05, 0) is 73.3 Å². The van der Waals surface area contributed by atoms with Gasteiger partial charge in [-0.25, -0.2) is 0 Å². The van der Waals surface area contributed by atoms with Gasteiger partial charge in [0.05, 0.1) is 11.3 Å². The molecular weight excluding hydrogens is 743 g/mol. The smallest absolute Gasteiger partial charge is 0.155 e. The number of ketones is 1. The standard InChI is InChI=1S/C33H22NOS.C5H8O2.Ir/c1-20-7-5-8-21(2)32(20)23-15-13-22(14-16-23)30-17-24-19-34-28(18-31(24)36-30)27-11-6-10-26-25-9-3-4-12-29(25)35-33(26)27;1-4(6)3-5(2)7;/h3-10,12-19H,1-2H3;3,6H,1-2H3;/q-1;;/b;4-3-;. The molecule has 0 aliphatic carbocycles. The van der Waals surface area contributed by atoms with E-state index in [-0.39, 0.29) is 31.6 Å². The molecule has 44 heavy (non-hydrogen) atoms. The first-order valence-electron chi connectivity index (χ1n) is 14.1. The number of hydrogen-bond acceptors (Lipinski definition) is 5. The van der Waals surface area contributed by atoms with E-state index in [0.717, 1.165) is 38.6 Å². The van der Waals surface area contributed by atoms with Gasteiger partial charge in [-0.2, -0.15) is 0 Å². The largest absolute Gasteiger partial charge is 0.512 e. The molecule has 3 heterocycles. The normalized spacial score (nSPS) is 11.3. The number of fused-ring (bicyclic) bond motifs is 4. The molecule has 0 saturated heterocycles. The van der Waals surface area contributed by atoms with Crippen LogP contribution in [0, 0.1) is 19.9 Å². The van der Waals surface area contributed by atoms with Crippen molar-refractivity contribution in [3.05, 3.63) is 126 Å². The fourth-order valence-corrected chi connectivity index (χ4v) is 6.54. The summed E-state index contributed by atoms with van der Waals surface area (Å²) in [6, 6.07) is 35.3. The summed E-state index contributed by atoms with van der Waals surface area (Å²) in [5, 5.41) is 11.7. The summed E-state index contributed by atoms with van der Waals surface area (Å²) in [4.78, 5) is 16.0. The second-order valence-electron chi connectivity index (χ2n) is 10.7. The van der Waals surface area contributed by atoms with E-state index in [0.29, 0.717) is 0 Å². The number of benzene rings is 4. The molecule has 4 nitrogen and oxygen atoms in total. The molecule has 0 atom stereocenters. The van der Waals surface area contributed by atoms with Gasteiger partial charge in [0.2, 0.25) is 0 Å². The first-order chi connectivity index (χ1) is 20.8. The zero-order valence-corrected chi connectivity index (χ0v) is 28.0. The third kappa shape index (κ3) is 6.29. The van der Waals surface area contributed by atoms with Gasteiger partial charge in [0, 0.05) is 52.7 Å². The van der Waals surface area contributed by atoms with Crippen LogP contribution in [-0.4, -0.2) is 15.9 Å². The number of carbonyl (C=O) groups excluding carboxylic acids is 1. The van der Waals surface area contributed by atoms with E-state index in [1.54, 1.807) is 11.3 Å². The minimum absolute atomic E-state index is 0. The number of aryl methyl sites for hydroxylation is 2. The maximum absolute atomic E-state index is 10.0. The van der Waals surface area contributed by atoms with Crippen molar-refractivity contribution in [3.8, 4) is 32.8 Å². The van der Waals surface area contributed by atoms with E-state index in [1.165, 1.54) is 57.3 Å². The predicted molar refractivity (Wildman–Crippen MR) is 179 cm³/mol. The summed E-state index contributed by atoms with van der Waals surface area (Å²) in [5.74, 6) is -0.0625. The fourth-order valence-electron chi connectivity index (χ4n) is 5.46. The molecule has 0 spiro atoms. The van der Waals surface area contributed by atoms with E-state index in [1.807, 2.05) is 30.5 Å². The summed E-state index contributed by atoms with van der Waals surface area (Å²) in [6.07, 6.45) is 3.13. The predicted octanol–water partition coefficient (Wildman–Crippen LogP) is 10.6. The van der Waals surface area contributed by atoms with E-state index >= 15 is 0 Å². The maximum Gasteiger partial charge on any atom is 0.155 e. The molecule has 0 fully saturated rings. The zero-order valence-electron chi connectivity index (χ0n) is 24.8. The number of aliphatic hydroxyl groups is 1. The van der Waals surface area contributed by atoms with Gasteiger partial charge < -0.3 is 14.5 Å². The van der Waals surface area contributed by atoms with Gasteiger partial charge in [0.1, 0.15) is 5.58 Å². The number of aliphatic hydroxyl groups excluding tert-OH is 1. The van der Waals surface area contributed by atoms with Crippen LogP contribution in [0.2, 0.25) is 0 Å². The number of para-hydroxylation sites is 1. The molecule has 1 radical (unpaired) electrons. The number of thiophene rings is 1. The van der Waals surface area contributed by atoms with Crippen LogP contribution >= 0.6 is 11.3 Å². The Bertz CT molecular complexity index is 2130. The van der Waals surface area contributed by atoms with Crippen molar-refractivity contribution in [2.75, 3.05) is 0 Å². The van der Waals surface area contributed by atoms with Gasteiger partial charge in [-0.15, -0.1) is 29.5 Å². The van der Waals surface area contributed by atoms with Crippen molar-refractivity contribution in [3.63, 3.8) is 0 Å². The van der Waals surface area contributed by atoms with E-state index in [9.17, 15) is 4.79 Å². The summed E-state index contributed by atoms with van der Waals surface area (Å²) in [5.41, 5.74) is 9.92.